The van der Waals surface area contributed by atoms with E-state index in [1.807, 2.05) is 25.1 Å². The van der Waals surface area contributed by atoms with Gasteiger partial charge in [0.05, 0.1) is 4.90 Å². The van der Waals surface area contributed by atoms with Crippen LogP contribution in [0.25, 0.3) is 0 Å². The molecule has 2 rings (SSSR count). The van der Waals surface area contributed by atoms with Crippen molar-refractivity contribution in [1.29, 1.82) is 0 Å². The average molecular weight is 308 g/mol. The van der Waals surface area contributed by atoms with Crippen LogP contribution in [0.1, 0.15) is 5.56 Å². The van der Waals surface area contributed by atoms with Crippen LogP contribution in [0.2, 0.25) is 0 Å². The van der Waals surface area contributed by atoms with E-state index in [1.165, 1.54) is 18.2 Å². The average Bonchev–Trinajstić information content (AvgIpc) is 2.37. The molecule has 0 saturated heterocycles. The fraction of sp³-hybridized carbons (Fsp3) is 0.200. The molecule has 0 amide bonds. The van der Waals surface area contributed by atoms with Gasteiger partial charge in [0.15, 0.2) is 0 Å². The zero-order valence-electron chi connectivity index (χ0n) is 11.9. The quantitative estimate of drug-likeness (QED) is 0.924. The molecule has 0 radical (unpaired) electrons. The summed E-state index contributed by atoms with van der Waals surface area (Å²) in [6, 6.07) is 12.0. The summed E-state index contributed by atoms with van der Waals surface area (Å²) in [4.78, 5) is 1.89. The van der Waals surface area contributed by atoms with Crippen LogP contribution in [0.4, 0.5) is 10.1 Å². The second-order valence-electron chi connectivity index (χ2n) is 5.00. The third-order valence-electron chi connectivity index (χ3n) is 2.78. The van der Waals surface area contributed by atoms with E-state index in [2.05, 4.69) is 4.72 Å². The predicted octanol–water partition coefficient (Wildman–Crippen LogP) is 2.69. The molecule has 0 saturated carbocycles. The number of nitrogens with one attached hydrogen (secondary N) is 1. The van der Waals surface area contributed by atoms with Crippen molar-refractivity contribution < 1.29 is 12.8 Å². The number of hydrogen-bond donors (Lipinski definition) is 1. The zero-order valence-corrected chi connectivity index (χ0v) is 12.7. The zero-order chi connectivity index (χ0) is 15.5. The van der Waals surface area contributed by atoms with Crippen LogP contribution in [0.5, 0.6) is 0 Å². The highest BCUT2D eigenvalue weighted by molar-refractivity contribution is 7.92. The Labute approximate surface area is 124 Å². The van der Waals surface area contributed by atoms with E-state index in [9.17, 15) is 12.8 Å². The van der Waals surface area contributed by atoms with Crippen LogP contribution in [-0.2, 0) is 16.6 Å². The number of anilines is 1. The minimum atomic E-state index is -3.78. The summed E-state index contributed by atoms with van der Waals surface area (Å²) in [6.45, 7) is 0.704. The first-order valence-electron chi connectivity index (χ1n) is 6.39. The molecule has 0 aliphatic rings. The van der Waals surface area contributed by atoms with Gasteiger partial charge in [-0.1, -0.05) is 18.2 Å². The van der Waals surface area contributed by atoms with Gasteiger partial charge in [-0.2, -0.15) is 0 Å². The van der Waals surface area contributed by atoms with Crippen LogP contribution in [-0.4, -0.2) is 27.4 Å². The summed E-state index contributed by atoms with van der Waals surface area (Å²) >= 11 is 0. The fourth-order valence-corrected chi connectivity index (χ4v) is 3.03. The Kier molecular flexibility index (Phi) is 4.59. The number of rotatable bonds is 5. The third kappa shape index (κ3) is 4.27. The monoisotopic (exact) mass is 308 g/mol. The molecular weight excluding hydrogens is 291 g/mol. The Morgan fingerprint density at radius 2 is 1.81 bits per heavy atom. The van der Waals surface area contributed by atoms with Crippen molar-refractivity contribution in [3.63, 3.8) is 0 Å². The largest absolute Gasteiger partial charge is 0.305 e. The summed E-state index contributed by atoms with van der Waals surface area (Å²) in [6.07, 6.45) is 0. The second kappa shape index (κ2) is 6.24. The summed E-state index contributed by atoms with van der Waals surface area (Å²) in [5.41, 5.74) is 1.44. The predicted molar refractivity (Wildman–Crippen MR) is 81.0 cm³/mol. The number of sulfonamides is 1. The number of halogens is 1. The van der Waals surface area contributed by atoms with E-state index in [-0.39, 0.29) is 4.90 Å². The minimum Gasteiger partial charge on any atom is -0.305 e. The van der Waals surface area contributed by atoms with Gasteiger partial charge in [0.2, 0.25) is 0 Å². The van der Waals surface area contributed by atoms with E-state index in [0.717, 1.165) is 11.6 Å². The van der Waals surface area contributed by atoms with E-state index < -0.39 is 15.8 Å². The minimum absolute atomic E-state index is 0.0967. The molecule has 2 aromatic carbocycles. The van der Waals surface area contributed by atoms with Gasteiger partial charge in [-0.05, 0) is 50.0 Å². The maximum atomic E-state index is 13.1. The van der Waals surface area contributed by atoms with E-state index in [4.69, 9.17) is 0 Å². The van der Waals surface area contributed by atoms with Crippen LogP contribution >= 0.6 is 0 Å². The van der Waals surface area contributed by atoms with E-state index >= 15 is 0 Å². The van der Waals surface area contributed by atoms with Crippen molar-refractivity contribution in [2.75, 3.05) is 18.8 Å². The highest BCUT2D eigenvalue weighted by Crippen LogP contribution is 2.18. The Morgan fingerprint density at radius 1 is 1.10 bits per heavy atom. The van der Waals surface area contributed by atoms with Crippen LogP contribution in [0, 0.1) is 5.82 Å². The number of nitrogens with zero attached hydrogens (tertiary/aromatic N) is 1. The lowest BCUT2D eigenvalue weighted by Crippen LogP contribution is -2.14. The first-order chi connectivity index (χ1) is 9.87. The van der Waals surface area contributed by atoms with Gasteiger partial charge in [-0.3, -0.25) is 4.72 Å². The van der Waals surface area contributed by atoms with Crippen molar-refractivity contribution in [3.05, 3.63) is 59.9 Å². The third-order valence-corrected chi connectivity index (χ3v) is 4.16. The van der Waals surface area contributed by atoms with Gasteiger partial charge in [-0.15, -0.1) is 0 Å². The topological polar surface area (TPSA) is 49.4 Å². The summed E-state index contributed by atoms with van der Waals surface area (Å²) < 4.78 is 40.0. The van der Waals surface area contributed by atoms with Crippen molar-refractivity contribution in [2.45, 2.75) is 11.4 Å². The van der Waals surface area contributed by atoms with E-state index in [1.54, 1.807) is 18.2 Å². The molecule has 112 valence electrons. The summed E-state index contributed by atoms with van der Waals surface area (Å²) in [5.74, 6) is -0.584. The summed E-state index contributed by atoms with van der Waals surface area (Å²) in [5, 5.41) is 0. The molecule has 6 heteroatoms. The standard InChI is InChI=1S/C15H17FN2O2S/c1-18(2)11-12-5-3-7-14(9-12)17-21(19,20)15-8-4-6-13(16)10-15/h3-10,17H,11H2,1-2H3. The highest BCUT2D eigenvalue weighted by atomic mass is 32.2. The molecule has 0 spiro atoms. The SMILES string of the molecule is CN(C)Cc1cccc(NS(=O)(=O)c2cccc(F)c2)c1. The number of hydrogen-bond acceptors (Lipinski definition) is 3. The molecule has 0 aliphatic heterocycles. The fourth-order valence-electron chi connectivity index (χ4n) is 1.95. The Morgan fingerprint density at radius 3 is 2.48 bits per heavy atom. The second-order valence-corrected chi connectivity index (χ2v) is 6.68. The molecule has 0 aliphatic carbocycles. The molecule has 2 aromatic rings. The van der Waals surface area contributed by atoms with Gasteiger partial charge >= 0.3 is 0 Å². The van der Waals surface area contributed by atoms with Gasteiger partial charge in [-0.25, -0.2) is 12.8 Å². The van der Waals surface area contributed by atoms with Crippen molar-refractivity contribution in [2.24, 2.45) is 0 Å². The van der Waals surface area contributed by atoms with Gasteiger partial charge in [0, 0.05) is 12.2 Å². The maximum Gasteiger partial charge on any atom is 0.261 e. The van der Waals surface area contributed by atoms with Crippen molar-refractivity contribution in [3.8, 4) is 0 Å². The lowest BCUT2D eigenvalue weighted by molar-refractivity contribution is 0.402. The molecule has 21 heavy (non-hydrogen) atoms. The lowest BCUT2D eigenvalue weighted by Gasteiger charge is -2.12. The molecule has 0 atom stereocenters. The molecule has 0 unspecified atom stereocenters. The first kappa shape index (κ1) is 15.5. The highest BCUT2D eigenvalue weighted by Gasteiger charge is 2.14. The van der Waals surface area contributed by atoms with Gasteiger partial charge in [0.1, 0.15) is 5.82 Å². The van der Waals surface area contributed by atoms with Crippen molar-refractivity contribution >= 4 is 15.7 Å². The van der Waals surface area contributed by atoms with Crippen LogP contribution in [0.15, 0.2) is 53.4 Å². The molecule has 4 nitrogen and oxygen atoms in total. The molecule has 0 bridgehead atoms. The molecule has 0 aromatic heterocycles. The smallest absolute Gasteiger partial charge is 0.261 e. The molecule has 1 N–H and O–H groups in total. The van der Waals surface area contributed by atoms with Crippen LogP contribution < -0.4 is 4.72 Å². The number of benzene rings is 2. The molecular formula is C15H17FN2O2S. The Balaban J connectivity index is 2.24. The molecule has 0 heterocycles. The van der Waals surface area contributed by atoms with Gasteiger partial charge in [0.25, 0.3) is 10.0 Å². The van der Waals surface area contributed by atoms with Crippen LogP contribution in [0.3, 0.4) is 0 Å². The normalized spacial score (nSPS) is 11.6. The van der Waals surface area contributed by atoms with E-state index in [0.29, 0.717) is 12.2 Å². The Bertz CT molecular complexity index is 730. The van der Waals surface area contributed by atoms with Crippen molar-refractivity contribution in [1.82, 2.24) is 4.90 Å². The van der Waals surface area contributed by atoms with Gasteiger partial charge < -0.3 is 4.90 Å². The first-order valence-corrected chi connectivity index (χ1v) is 7.87. The lowest BCUT2D eigenvalue weighted by atomic mass is 10.2. The Hall–Kier alpha value is -1.92. The molecule has 0 fully saturated rings. The maximum absolute atomic E-state index is 13.1. The summed E-state index contributed by atoms with van der Waals surface area (Å²) in [7, 11) is 0.0836.